The minimum absolute atomic E-state index is 0. The van der Waals surface area contributed by atoms with Gasteiger partial charge in [-0.25, -0.2) is 0 Å². The molecule has 0 bridgehead atoms. The van der Waals surface area contributed by atoms with Crippen molar-refractivity contribution in [3.05, 3.63) is 12.2 Å². The fourth-order valence-electron chi connectivity index (χ4n) is 4.15. The molecule has 2 atom stereocenters. The summed E-state index contributed by atoms with van der Waals surface area (Å²) in [6.07, 6.45) is 23.6. The Kier molecular flexibility index (Phi) is 20.4. The van der Waals surface area contributed by atoms with Crippen LogP contribution < -0.4 is 34.7 Å². The smallest absolute Gasteiger partial charge is 0.550 e. The fraction of sp³-hybridized carbons (Fsp3) is 0.840. The molecule has 2 unspecified atom stereocenters. The minimum Gasteiger partial charge on any atom is -0.550 e. The third-order valence-corrected chi connectivity index (χ3v) is 6.02. The number of aliphatic carboxylic acids is 1. The number of carboxylic acid groups (broad SMARTS) is 1. The summed E-state index contributed by atoms with van der Waals surface area (Å²) in [4.78, 5) is 23.3. The molecule has 1 rings (SSSR count). The van der Waals surface area contributed by atoms with Gasteiger partial charge in [0.25, 0.3) is 0 Å². The van der Waals surface area contributed by atoms with Gasteiger partial charge in [0.05, 0.1) is 12.5 Å². The number of carbonyl (C=O) groups excluding carboxylic acids is 2. The second-order valence-corrected chi connectivity index (χ2v) is 8.57. The summed E-state index contributed by atoms with van der Waals surface area (Å²) in [5.74, 6) is -2.60. The van der Waals surface area contributed by atoms with E-state index in [0.717, 1.165) is 25.7 Å². The molecular formula is C25H43NaO4. The van der Waals surface area contributed by atoms with E-state index in [-0.39, 0.29) is 35.5 Å². The predicted octanol–water partition coefficient (Wildman–Crippen LogP) is 2.74. The van der Waals surface area contributed by atoms with E-state index in [1.54, 1.807) is 0 Å². The van der Waals surface area contributed by atoms with Crippen molar-refractivity contribution in [1.82, 2.24) is 0 Å². The van der Waals surface area contributed by atoms with Crippen LogP contribution >= 0.6 is 0 Å². The van der Waals surface area contributed by atoms with Crippen LogP contribution in [0.3, 0.4) is 0 Å². The summed E-state index contributed by atoms with van der Waals surface area (Å²) in [5.41, 5.74) is 0. The number of allylic oxidation sites excluding steroid dienone is 2. The SMILES string of the molecule is CCCCCCC/C=C/CCCCCCCCOC(=O)C1CCCCC1C(=O)[O-].[Na+]. The van der Waals surface area contributed by atoms with Crippen LogP contribution in [0, 0.1) is 11.8 Å². The molecule has 0 heterocycles. The number of hydrogen-bond acceptors (Lipinski definition) is 4. The van der Waals surface area contributed by atoms with Gasteiger partial charge in [-0.05, 0) is 44.9 Å². The van der Waals surface area contributed by atoms with Crippen molar-refractivity contribution < 1.29 is 49.0 Å². The number of carbonyl (C=O) groups is 2. The molecule has 1 saturated carbocycles. The normalized spacial score (nSPS) is 18.8. The molecule has 0 spiro atoms. The molecule has 5 heteroatoms. The molecule has 1 aliphatic rings. The summed E-state index contributed by atoms with van der Waals surface area (Å²) < 4.78 is 5.34. The molecule has 168 valence electrons. The van der Waals surface area contributed by atoms with Gasteiger partial charge >= 0.3 is 35.5 Å². The molecule has 0 saturated heterocycles. The molecule has 0 aliphatic heterocycles. The van der Waals surface area contributed by atoms with Crippen LogP contribution in [-0.2, 0) is 14.3 Å². The van der Waals surface area contributed by atoms with Gasteiger partial charge in [-0.15, -0.1) is 0 Å². The number of hydrogen-bond donors (Lipinski definition) is 0. The first-order valence-corrected chi connectivity index (χ1v) is 12.2. The van der Waals surface area contributed by atoms with Crippen molar-refractivity contribution in [1.29, 1.82) is 0 Å². The third-order valence-electron chi connectivity index (χ3n) is 6.02. The first kappa shape index (κ1) is 29.7. The molecule has 0 radical (unpaired) electrons. The zero-order valence-electron chi connectivity index (χ0n) is 19.7. The summed E-state index contributed by atoms with van der Waals surface area (Å²) in [6, 6.07) is 0. The van der Waals surface area contributed by atoms with E-state index < -0.39 is 17.8 Å². The van der Waals surface area contributed by atoms with Crippen LogP contribution in [0.25, 0.3) is 0 Å². The summed E-state index contributed by atoms with van der Waals surface area (Å²) in [5, 5.41) is 11.2. The van der Waals surface area contributed by atoms with E-state index in [2.05, 4.69) is 19.1 Å². The molecule has 1 fully saturated rings. The Morgan fingerprint density at radius 3 is 1.87 bits per heavy atom. The van der Waals surface area contributed by atoms with E-state index >= 15 is 0 Å². The van der Waals surface area contributed by atoms with Crippen molar-refractivity contribution in [2.24, 2.45) is 11.8 Å². The van der Waals surface area contributed by atoms with Crippen LogP contribution in [0.1, 0.15) is 116 Å². The van der Waals surface area contributed by atoms with Crippen molar-refractivity contribution >= 4 is 11.9 Å². The number of esters is 1. The molecule has 30 heavy (non-hydrogen) atoms. The standard InChI is InChI=1S/C25H44O4.Na/c1-2-3-4-5-6-7-8-9-10-11-12-13-14-15-18-21-29-25(28)23-20-17-16-19-22(23)24(26)27;/h8-9,22-23H,2-7,10-21H2,1H3,(H,26,27);/q;+1/p-1/b9-8+;. The predicted molar refractivity (Wildman–Crippen MR) is 116 cm³/mol. The molecule has 0 amide bonds. The van der Waals surface area contributed by atoms with E-state index in [1.807, 2.05) is 0 Å². The molecule has 1 aliphatic carbocycles. The minimum atomic E-state index is -1.10. The van der Waals surface area contributed by atoms with E-state index in [4.69, 9.17) is 4.74 Å². The zero-order chi connectivity index (χ0) is 21.2. The van der Waals surface area contributed by atoms with Gasteiger partial charge in [0.2, 0.25) is 0 Å². The van der Waals surface area contributed by atoms with Crippen LogP contribution in [0.4, 0.5) is 0 Å². The maximum Gasteiger partial charge on any atom is 1.00 e. The molecule has 0 aromatic carbocycles. The zero-order valence-corrected chi connectivity index (χ0v) is 21.7. The van der Waals surface area contributed by atoms with Crippen LogP contribution in [0.5, 0.6) is 0 Å². The van der Waals surface area contributed by atoms with Gasteiger partial charge in [0.1, 0.15) is 0 Å². The third kappa shape index (κ3) is 14.6. The van der Waals surface area contributed by atoms with Gasteiger partial charge in [-0.3, -0.25) is 4.79 Å². The second-order valence-electron chi connectivity index (χ2n) is 8.57. The van der Waals surface area contributed by atoms with Crippen LogP contribution in [0.15, 0.2) is 12.2 Å². The molecule has 0 aromatic rings. The summed E-state index contributed by atoms with van der Waals surface area (Å²) >= 11 is 0. The Balaban J connectivity index is 0.00000841. The molecule has 0 N–H and O–H groups in total. The second kappa shape index (κ2) is 20.6. The van der Waals surface area contributed by atoms with Crippen molar-refractivity contribution in [2.75, 3.05) is 6.61 Å². The largest absolute Gasteiger partial charge is 1.00 e. The Morgan fingerprint density at radius 1 is 0.800 bits per heavy atom. The number of carboxylic acids is 1. The first-order chi connectivity index (χ1) is 14.2. The van der Waals surface area contributed by atoms with E-state index in [1.165, 1.54) is 70.6 Å². The molecule has 4 nitrogen and oxygen atoms in total. The monoisotopic (exact) mass is 430 g/mol. The maximum atomic E-state index is 12.1. The molecule has 0 aromatic heterocycles. The average molecular weight is 431 g/mol. The fourth-order valence-corrected chi connectivity index (χ4v) is 4.15. The van der Waals surface area contributed by atoms with Crippen molar-refractivity contribution in [2.45, 2.75) is 116 Å². The van der Waals surface area contributed by atoms with Crippen molar-refractivity contribution in [3.8, 4) is 0 Å². The quantitative estimate of drug-likeness (QED) is 0.154. The van der Waals surface area contributed by atoms with Crippen LogP contribution in [-0.4, -0.2) is 18.5 Å². The van der Waals surface area contributed by atoms with Gasteiger partial charge in [-0.1, -0.05) is 83.3 Å². The van der Waals surface area contributed by atoms with E-state index in [9.17, 15) is 14.7 Å². The van der Waals surface area contributed by atoms with Crippen molar-refractivity contribution in [3.63, 3.8) is 0 Å². The summed E-state index contributed by atoms with van der Waals surface area (Å²) in [7, 11) is 0. The van der Waals surface area contributed by atoms with E-state index in [0.29, 0.717) is 19.4 Å². The van der Waals surface area contributed by atoms with Gasteiger partial charge in [0, 0.05) is 11.9 Å². The number of ether oxygens (including phenoxy) is 1. The first-order valence-electron chi connectivity index (χ1n) is 12.2. The average Bonchev–Trinajstić information content (AvgIpc) is 2.73. The Bertz CT molecular complexity index is 464. The Hall–Kier alpha value is -0.320. The number of unbranched alkanes of at least 4 members (excludes halogenated alkanes) is 11. The Labute approximate surface area is 206 Å². The van der Waals surface area contributed by atoms with Gasteiger partial charge in [0.15, 0.2) is 0 Å². The van der Waals surface area contributed by atoms with Crippen LogP contribution in [0.2, 0.25) is 0 Å². The topological polar surface area (TPSA) is 66.4 Å². The number of rotatable bonds is 17. The molecular weight excluding hydrogens is 387 g/mol. The maximum absolute atomic E-state index is 12.1. The summed E-state index contributed by atoms with van der Waals surface area (Å²) in [6.45, 7) is 2.67. The van der Waals surface area contributed by atoms with Gasteiger partial charge < -0.3 is 14.6 Å². The Morgan fingerprint density at radius 2 is 1.30 bits per heavy atom. The van der Waals surface area contributed by atoms with Gasteiger partial charge in [-0.2, -0.15) is 0 Å².